The number of anilines is 1. The van der Waals surface area contributed by atoms with Crippen molar-refractivity contribution in [1.29, 1.82) is 0 Å². The van der Waals surface area contributed by atoms with E-state index in [1.807, 2.05) is 58.0 Å². The molecular weight excluding hydrogens is 478 g/mol. The molecule has 2 amide bonds. The number of carbonyl (C=O) groups is 2. The van der Waals surface area contributed by atoms with E-state index in [-0.39, 0.29) is 31.3 Å². The van der Waals surface area contributed by atoms with Crippen LogP contribution in [-0.4, -0.2) is 56.6 Å². The van der Waals surface area contributed by atoms with Gasteiger partial charge in [0.1, 0.15) is 11.8 Å². The van der Waals surface area contributed by atoms with Crippen LogP contribution in [0.3, 0.4) is 0 Å². The van der Waals surface area contributed by atoms with Gasteiger partial charge in [0, 0.05) is 25.0 Å². The number of carbonyl (C=O) groups excluding carboxylic acids is 2. The largest absolute Gasteiger partial charge is 0.497 e. The number of hydrogen-bond acceptors (Lipinski definition) is 5. The average Bonchev–Trinajstić information content (AvgIpc) is 2.80. The Balaban J connectivity index is 2.23. The van der Waals surface area contributed by atoms with Gasteiger partial charge >= 0.3 is 0 Å². The maximum Gasteiger partial charge on any atom is 0.243 e. The van der Waals surface area contributed by atoms with Crippen molar-refractivity contribution in [3.05, 3.63) is 60.2 Å². The maximum absolute atomic E-state index is 13.5. The van der Waals surface area contributed by atoms with Crippen LogP contribution in [-0.2, 0) is 26.2 Å². The van der Waals surface area contributed by atoms with E-state index in [0.29, 0.717) is 24.3 Å². The van der Waals surface area contributed by atoms with Crippen molar-refractivity contribution in [3.63, 3.8) is 0 Å². The molecule has 0 spiro atoms. The molecule has 1 N–H and O–H groups in total. The first-order valence-corrected chi connectivity index (χ1v) is 14.0. The van der Waals surface area contributed by atoms with Crippen LogP contribution in [0.5, 0.6) is 5.75 Å². The Hall–Kier alpha value is -3.07. The number of nitrogens with zero attached hydrogens (tertiary/aromatic N) is 2. The highest BCUT2D eigenvalue weighted by molar-refractivity contribution is 7.92. The minimum atomic E-state index is -3.51. The van der Waals surface area contributed by atoms with Gasteiger partial charge in [0.05, 0.1) is 19.1 Å². The van der Waals surface area contributed by atoms with Crippen molar-refractivity contribution in [1.82, 2.24) is 10.2 Å². The molecule has 1 atom stereocenters. The molecule has 0 heterocycles. The van der Waals surface area contributed by atoms with Gasteiger partial charge in [0.15, 0.2) is 0 Å². The van der Waals surface area contributed by atoms with Crippen LogP contribution in [0, 0.1) is 0 Å². The fourth-order valence-electron chi connectivity index (χ4n) is 3.90. The second-order valence-corrected chi connectivity index (χ2v) is 11.7. The Morgan fingerprint density at radius 2 is 1.64 bits per heavy atom. The highest BCUT2D eigenvalue weighted by atomic mass is 32.2. The molecule has 0 aliphatic carbocycles. The minimum Gasteiger partial charge on any atom is -0.497 e. The van der Waals surface area contributed by atoms with Crippen LogP contribution in [0.4, 0.5) is 5.69 Å². The summed E-state index contributed by atoms with van der Waals surface area (Å²) in [5.41, 5.74) is 0.983. The summed E-state index contributed by atoms with van der Waals surface area (Å²) >= 11 is 0. The second kappa shape index (κ2) is 12.8. The first-order valence-electron chi connectivity index (χ1n) is 12.1. The van der Waals surface area contributed by atoms with Crippen molar-refractivity contribution in [2.45, 2.75) is 65.1 Å². The van der Waals surface area contributed by atoms with E-state index in [2.05, 4.69) is 5.32 Å². The second-order valence-electron chi connectivity index (χ2n) is 9.81. The molecule has 0 saturated carbocycles. The van der Waals surface area contributed by atoms with Crippen molar-refractivity contribution in [2.75, 3.05) is 24.2 Å². The molecule has 0 bridgehead atoms. The number of hydrogen-bond donors (Lipinski definition) is 1. The van der Waals surface area contributed by atoms with Crippen LogP contribution in [0.2, 0.25) is 0 Å². The van der Waals surface area contributed by atoms with Gasteiger partial charge in [-0.25, -0.2) is 8.42 Å². The van der Waals surface area contributed by atoms with Gasteiger partial charge in [-0.15, -0.1) is 0 Å². The van der Waals surface area contributed by atoms with E-state index in [1.165, 1.54) is 4.31 Å². The highest BCUT2D eigenvalue weighted by Gasteiger charge is 2.30. The van der Waals surface area contributed by atoms with Crippen LogP contribution >= 0.6 is 0 Å². The summed E-state index contributed by atoms with van der Waals surface area (Å²) < 4.78 is 31.3. The molecule has 8 nitrogen and oxygen atoms in total. The number of sulfonamides is 1. The number of para-hydroxylation sites is 1. The summed E-state index contributed by atoms with van der Waals surface area (Å²) in [6.45, 7) is 8.00. The summed E-state index contributed by atoms with van der Waals surface area (Å²) in [5, 5.41) is 2.98. The third-order valence-electron chi connectivity index (χ3n) is 5.59. The molecule has 198 valence electrons. The number of rotatable bonds is 12. The zero-order valence-electron chi connectivity index (χ0n) is 22.2. The van der Waals surface area contributed by atoms with Gasteiger partial charge in [-0.3, -0.25) is 13.9 Å². The van der Waals surface area contributed by atoms with E-state index in [0.717, 1.165) is 11.8 Å². The summed E-state index contributed by atoms with van der Waals surface area (Å²) in [4.78, 5) is 28.2. The predicted octanol–water partition coefficient (Wildman–Crippen LogP) is 3.96. The third kappa shape index (κ3) is 8.86. The molecule has 2 rings (SSSR count). The number of ether oxygens (including phenoxy) is 1. The number of nitrogens with one attached hydrogen (secondary N) is 1. The summed E-state index contributed by atoms with van der Waals surface area (Å²) in [6.07, 6.45) is 2.02. The van der Waals surface area contributed by atoms with E-state index in [1.54, 1.807) is 36.3 Å². The molecule has 36 heavy (non-hydrogen) atoms. The zero-order valence-corrected chi connectivity index (χ0v) is 23.0. The summed E-state index contributed by atoms with van der Waals surface area (Å²) in [6, 6.07) is 15.5. The third-order valence-corrected chi connectivity index (χ3v) is 6.79. The minimum absolute atomic E-state index is 0.105. The van der Waals surface area contributed by atoms with Crippen molar-refractivity contribution >= 4 is 27.5 Å². The van der Waals surface area contributed by atoms with E-state index in [4.69, 9.17) is 4.74 Å². The molecule has 0 aliphatic rings. The van der Waals surface area contributed by atoms with E-state index < -0.39 is 21.6 Å². The van der Waals surface area contributed by atoms with Crippen molar-refractivity contribution < 1.29 is 22.7 Å². The number of amides is 2. The lowest BCUT2D eigenvalue weighted by Gasteiger charge is -2.33. The Kier molecular flexibility index (Phi) is 10.3. The maximum atomic E-state index is 13.5. The van der Waals surface area contributed by atoms with Crippen molar-refractivity contribution in [2.24, 2.45) is 0 Å². The summed E-state index contributed by atoms with van der Waals surface area (Å²) in [7, 11) is -1.93. The molecule has 2 aromatic carbocycles. The average molecular weight is 518 g/mol. The van der Waals surface area contributed by atoms with Gasteiger partial charge in [-0.2, -0.15) is 0 Å². The smallest absolute Gasteiger partial charge is 0.243 e. The lowest BCUT2D eigenvalue weighted by atomic mass is 10.0. The van der Waals surface area contributed by atoms with Gasteiger partial charge in [-0.1, -0.05) is 37.3 Å². The van der Waals surface area contributed by atoms with Gasteiger partial charge < -0.3 is 15.0 Å². The van der Waals surface area contributed by atoms with Gasteiger partial charge in [0.2, 0.25) is 21.8 Å². The molecular formula is C27H39N3O5S. The molecule has 0 aromatic heterocycles. The molecule has 0 saturated heterocycles. The lowest BCUT2D eigenvalue weighted by Crippen LogP contribution is -2.53. The lowest BCUT2D eigenvalue weighted by molar-refractivity contribution is -0.142. The fraction of sp³-hybridized carbons (Fsp3) is 0.481. The first-order chi connectivity index (χ1) is 16.9. The number of benzene rings is 2. The van der Waals surface area contributed by atoms with Crippen molar-refractivity contribution in [3.8, 4) is 5.75 Å². The molecule has 0 fully saturated rings. The van der Waals surface area contributed by atoms with Crippen LogP contribution in [0.1, 0.15) is 52.5 Å². The quantitative estimate of drug-likeness (QED) is 0.460. The van der Waals surface area contributed by atoms with Crippen LogP contribution in [0.15, 0.2) is 54.6 Å². The molecule has 9 heteroatoms. The molecule has 0 unspecified atom stereocenters. The number of methoxy groups -OCH3 is 1. The highest BCUT2D eigenvalue weighted by Crippen LogP contribution is 2.20. The molecule has 0 aliphatic heterocycles. The SMILES string of the molecule is CC[C@H](C(=O)NC(C)(C)C)N(Cc1ccc(OC)cc1)C(=O)CCCN(c1ccccc1)S(C)(=O)=O. The summed E-state index contributed by atoms with van der Waals surface area (Å²) in [5.74, 6) is 0.285. The van der Waals surface area contributed by atoms with Crippen LogP contribution in [0.25, 0.3) is 0 Å². The Labute approximate surface area is 215 Å². The zero-order chi connectivity index (χ0) is 26.9. The topological polar surface area (TPSA) is 96.0 Å². The molecule has 0 radical (unpaired) electrons. The normalized spacial score (nSPS) is 12.5. The molecule has 2 aromatic rings. The fourth-order valence-corrected chi connectivity index (χ4v) is 4.86. The monoisotopic (exact) mass is 517 g/mol. The Morgan fingerprint density at radius 1 is 1.03 bits per heavy atom. The Morgan fingerprint density at radius 3 is 2.14 bits per heavy atom. The standard InChI is InChI=1S/C27H39N3O5S/c1-7-24(26(32)28-27(2,3)4)29(20-21-15-17-23(35-5)18-16-21)25(31)14-11-19-30(36(6,33)34)22-12-9-8-10-13-22/h8-10,12-13,15-18,24H,7,11,14,19-20H2,1-6H3,(H,28,32)/t24-/m1/s1. The van der Waals surface area contributed by atoms with E-state index >= 15 is 0 Å². The predicted molar refractivity (Wildman–Crippen MR) is 143 cm³/mol. The van der Waals surface area contributed by atoms with E-state index in [9.17, 15) is 18.0 Å². The Bertz CT molecular complexity index is 1100. The van der Waals surface area contributed by atoms with Crippen LogP contribution < -0.4 is 14.4 Å². The van der Waals surface area contributed by atoms with Gasteiger partial charge in [-0.05, 0) is 63.4 Å². The first kappa shape index (κ1) is 29.2. The van der Waals surface area contributed by atoms with Gasteiger partial charge in [0.25, 0.3) is 0 Å².